The van der Waals surface area contributed by atoms with Crippen molar-refractivity contribution in [1.29, 1.82) is 0 Å². The average molecular weight is 254 g/mol. The molecule has 18 heavy (non-hydrogen) atoms. The summed E-state index contributed by atoms with van der Waals surface area (Å²) < 4.78 is 0. The van der Waals surface area contributed by atoms with Crippen molar-refractivity contribution in [2.75, 3.05) is 6.61 Å². The zero-order valence-corrected chi connectivity index (χ0v) is 11.5. The van der Waals surface area contributed by atoms with Crippen LogP contribution in [0.25, 0.3) is 0 Å². The van der Waals surface area contributed by atoms with Crippen LogP contribution in [0.1, 0.15) is 46.0 Å². The van der Waals surface area contributed by atoms with Crippen LogP contribution in [-0.2, 0) is 4.79 Å². The molecule has 4 atom stereocenters. The van der Waals surface area contributed by atoms with Crippen LogP contribution in [0, 0.1) is 11.8 Å². The Morgan fingerprint density at radius 2 is 2.11 bits per heavy atom. The third-order valence-corrected chi connectivity index (χ3v) is 4.51. The summed E-state index contributed by atoms with van der Waals surface area (Å²) in [6.07, 6.45) is 6.03. The van der Waals surface area contributed by atoms with Gasteiger partial charge in [0.25, 0.3) is 0 Å². The Morgan fingerprint density at radius 1 is 1.39 bits per heavy atom. The van der Waals surface area contributed by atoms with Crippen LogP contribution in [0.3, 0.4) is 0 Å². The lowest BCUT2D eigenvalue weighted by molar-refractivity contribution is -0.124. The standard InChI is InChI=1S/C14H26N2O2/c1-9(2)13(8-17)16-14(18)12-7-10-5-3-4-6-11(10)15-12/h9-13,15,17H,3-8H2,1-2H3,(H,16,18). The molecule has 1 aliphatic heterocycles. The Labute approximate surface area is 110 Å². The van der Waals surface area contributed by atoms with E-state index in [-0.39, 0.29) is 30.5 Å². The molecule has 1 saturated carbocycles. The summed E-state index contributed by atoms with van der Waals surface area (Å²) in [6.45, 7) is 4.05. The van der Waals surface area contributed by atoms with Crippen LogP contribution in [0.5, 0.6) is 0 Å². The first-order chi connectivity index (χ1) is 8.61. The van der Waals surface area contributed by atoms with Gasteiger partial charge >= 0.3 is 0 Å². The van der Waals surface area contributed by atoms with Gasteiger partial charge < -0.3 is 15.7 Å². The van der Waals surface area contributed by atoms with Gasteiger partial charge in [0.2, 0.25) is 5.91 Å². The van der Waals surface area contributed by atoms with Crippen LogP contribution in [0.15, 0.2) is 0 Å². The first kappa shape index (κ1) is 13.8. The molecule has 4 nitrogen and oxygen atoms in total. The number of nitrogens with one attached hydrogen (secondary N) is 2. The van der Waals surface area contributed by atoms with Gasteiger partial charge in [-0.15, -0.1) is 0 Å². The largest absolute Gasteiger partial charge is 0.394 e. The van der Waals surface area contributed by atoms with Gasteiger partial charge in [-0.05, 0) is 31.1 Å². The normalized spacial score (nSPS) is 33.2. The quantitative estimate of drug-likeness (QED) is 0.702. The lowest BCUT2D eigenvalue weighted by Crippen LogP contribution is -2.49. The minimum absolute atomic E-state index is 0.0168. The van der Waals surface area contributed by atoms with Gasteiger partial charge in [0, 0.05) is 6.04 Å². The van der Waals surface area contributed by atoms with Crippen molar-refractivity contribution in [2.45, 2.75) is 64.1 Å². The van der Waals surface area contributed by atoms with Gasteiger partial charge in [-0.2, -0.15) is 0 Å². The third-order valence-electron chi connectivity index (χ3n) is 4.51. The second-order valence-corrected chi connectivity index (χ2v) is 6.15. The van der Waals surface area contributed by atoms with Crippen molar-refractivity contribution in [3.8, 4) is 0 Å². The number of amides is 1. The first-order valence-corrected chi connectivity index (χ1v) is 7.29. The van der Waals surface area contributed by atoms with Crippen molar-refractivity contribution >= 4 is 5.91 Å². The zero-order chi connectivity index (χ0) is 13.1. The second-order valence-electron chi connectivity index (χ2n) is 6.15. The number of aliphatic hydroxyl groups excluding tert-OH is 1. The maximum absolute atomic E-state index is 12.2. The smallest absolute Gasteiger partial charge is 0.237 e. The molecule has 3 N–H and O–H groups in total. The second kappa shape index (κ2) is 6.02. The minimum Gasteiger partial charge on any atom is -0.394 e. The number of aliphatic hydroxyl groups is 1. The van der Waals surface area contributed by atoms with Crippen molar-refractivity contribution in [3.05, 3.63) is 0 Å². The predicted molar refractivity (Wildman–Crippen MR) is 71.1 cm³/mol. The molecule has 0 bridgehead atoms. The fraction of sp³-hybridized carbons (Fsp3) is 0.929. The van der Waals surface area contributed by atoms with E-state index in [9.17, 15) is 9.90 Å². The SMILES string of the molecule is CC(C)C(CO)NC(=O)C1CC2CCCCC2N1. The highest BCUT2D eigenvalue weighted by Crippen LogP contribution is 2.33. The molecule has 0 radical (unpaired) electrons. The monoisotopic (exact) mass is 254 g/mol. The highest BCUT2D eigenvalue weighted by Gasteiger charge is 2.38. The molecule has 104 valence electrons. The van der Waals surface area contributed by atoms with Gasteiger partial charge in [-0.1, -0.05) is 26.7 Å². The highest BCUT2D eigenvalue weighted by molar-refractivity contribution is 5.82. The third kappa shape index (κ3) is 3.04. The highest BCUT2D eigenvalue weighted by atomic mass is 16.3. The summed E-state index contributed by atoms with van der Waals surface area (Å²) in [6, 6.07) is 0.369. The van der Waals surface area contributed by atoms with E-state index in [0.29, 0.717) is 12.0 Å². The number of hydrogen-bond donors (Lipinski definition) is 3. The van der Waals surface area contributed by atoms with E-state index >= 15 is 0 Å². The molecule has 1 amide bonds. The summed E-state index contributed by atoms with van der Waals surface area (Å²) in [5, 5.41) is 15.7. The molecule has 1 saturated heterocycles. The Morgan fingerprint density at radius 3 is 2.72 bits per heavy atom. The molecular formula is C14H26N2O2. The predicted octanol–water partition coefficient (Wildman–Crippen LogP) is 1.04. The molecule has 0 aromatic heterocycles. The zero-order valence-electron chi connectivity index (χ0n) is 11.5. The molecule has 1 heterocycles. The number of carbonyl (C=O) groups is 1. The molecule has 1 aliphatic carbocycles. The fourth-order valence-electron chi connectivity index (χ4n) is 3.23. The van der Waals surface area contributed by atoms with E-state index in [1.165, 1.54) is 25.7 Å². The first-order valence-electron chi connectivity index (χ1n) is 7.29. The summed E-state index contributed by atoms with van der Waals surface area (Å²) in [7, 11) is 0. The van der Waals surface area contributed by atoms with Gasteiger partial charge in [-0.3, -0.25) is 4.79 Å². The van der Waals surface area contributed by atoms with Gasteiger partial charge in [0.15, 0.2) is 0 Å². The summed E-state index contributed by atoms with van der Waals surface area (Å²) in [5.41, 5.74) is 0. The van der Waals surface area contributed by atoms with Crippen LogP contribution < -0.4 is 10.6 Å². The van der Waals surface area contributed by atoms with Crippen LogP contribution in [0.2, 0.25) is 0 Å². The number of hydrogen-bond acceptors (Lipinski definition) is 3. The Bertz CT molecular complexity index is 280. The van der Waals surface area contributed by atoms with Gasteiger partial charge in [0.1, 0.15) is 0 Å². The van der Waals surface area contributed by atoms with Crippen LogP contribution >= 0.6 is 0 Å². The van der Waals surface area contributed by atoms with Crippen molar-refractivity contribution in [1.82, 2.24) is 10.6 Å². The number of fused-ring (bicyclic) bond motifs is 1. The Balaban J connectivity index is 1.86. The summed E-state index contributed by atoms with van der Waals surface area (Å²) in [5.74, 6) is 1.01. The molecule has 0 aromatic rings. The molecular weight excluding hydrogens is 228 g/mol. The maximum atomic E-state index is 12.2. The number of carbonyl (C=O) groups excluding carboxylic acids is 1. The minimum atomic E-state index is -0.123. The average Bonchev–Trinajstić information content (AvgIpc) is 2.79. The lowest BCUT2D eigenvalue weighted by Gasteiger charge is -2.24. The molecule has 2 fully saturated rings. The van der Waals surface area contributed by atoms with Gasteiger partial charge in [-0.25, -0.2) is 0 Å². The molecule has 0 spiro atoms. The van der Waals surface area contributed by atoms with Crippen molar-refractivity contribution < 1.29 is 9.90 Å². The van der Waals surface area contributed by atoms with E-state index in [2.05, 4.69) is 10.6 Å². The van der Waals surface area contributed by atoms with E-state index in [4.69, 9.17) is 0 Å². The Hall–Kier alpha value is -0.610. The molecule has 2 rings (SSSR count). The van der Waals surface area contributed by atoms with E-state index < -0.39 is 0 Å². The molecule has 0 aromatic carbocycles. The fourth-order valence-corrected chi connectivity index (χ4v) is 3.23. The van der Waals surface area contributed by atoms with Crippen molar-refractivity contribution in [2.24, 2.45) is 11.8 Å². The number of rotatable bonds is 4. The van der Waals surface area contributed by atoms with E-state index in [1.54, 1.807) is 0 Å². The maximum Gasteiger partial charge on any atom is 0.237 e. The van der Waals surface area contributed by atoms with Gasteiger partial charge in [0.05, 0.1) is 18.7 Å². The van der Waals surface area contributed by atoms with Crippen LogP contribution in [-0.4, -0.2) is 35.7 Å². The molecule has 4 heteroatoms. The molecule has 2 aliphatic rings. The Kier molecular flexibility index (Phi) is 4.62. The molecule has 4 unspecified atom stereocenters. The van der Waals surface area contributed by atoms with Crippen molar-refractivity contribution in [3.63, 3.8) is 0 Å². The summed E-state index contributed by atoms with van der Waals surface area (Å²) >= 11 is 0. The van der Waals surface area contributed by atoms with E-state index in [1.807, 2.05) is 13.8 Å². The van der Waals surface area contributed by atoms with Crippen LogP contribution in [0.4, 0.5) is 0 Å². The topological polar surface area (TPSA) is 61.4 Å². The summed E-state index contributed by atoms with van der Waals surface area (Å²) in [4.78, 5) is 12.2. The van der Waals surface area contributed by atoms with E-state index in [0.717, 1.165) is 6.42 Å². The lowest BCUT2D eigenvalue weighted by atomic mass is 9.85.